The zero-order chi connectivity index (χ0) is 17.6. The Morgan fingerprint density at radius 3 is 2.54 bits per heavy atom. The standard InChI is InChI=1S/C19H31NO3S/c1-19(2,3)20-13-17(18-10-12-24(21,22)15-18)9-11-23-14-16-7-5-4-6-8-16/h4-8,17-18,20H,9-15H2,1-3H3. The van der Waals surface area contributed by atoms with Crippen LogP contribution < -0.4 is 5.32 Å². The summed E-state index contributed by atoms with van der Waals surface area (Å²) in [5, 5.41) is 3.53. The largest absolute Gasteiger partial charge is 0.377 e. The van der Waals surface area contributed by atoms with Crippen LogP contribution in [0.3, 0.4) is 0 Å². The monoisotopic (exact) mass is 353 g/mol. The van der Waals surface area contributed by atoms with E-state index in [0.717, 1.165) is 19.4 Å². The third kappa shape index (κ3) is 6.91. The second-order valence-electron chi connectivity index (χ2n) is 7.88. The molecule has 2 rings (SSSR count). The maximum Gasteiger partial charge on any atom is 0.150 e. The Balaban J connectivity index is 1.83. The summed E-state index contributed by atoms with van der Waals surface area (Å²) in [5.41, 5.74) is 1.21. The second kappa shape index (κ2) is 8.45. The molecule has 1 aromatic carbocycles. The Hall–Kier alpha value is -0.910. The Kier molecular flexibility index (Phi) is 6.84. The highest BCUT2D eigenvalue weighted by Gasteiger charge is 2.33. The number of hydrogen-bond acceptors (Lipinski definition) is 4. The first-order valence-corrected chi connectivity index (χ1v) is 10.6. The van der Waals surface area contributed by atoms with E-state index in [0.29, 0.717) is 30.6 Å². The molecule has 0 aliphatic carbocycles. The van der Waals surface area contributed by atoms with Gasteiger partial charge in [0.05, 0.1) is 18.1 Å². The van der Waals surface area contributed by atoms with E-state index >= 15 is 0 Å². The van der Waals surface area contributed by atoms with Crippen molar-refractivity contribution in [1.82, 2.24) is 5.32 Å². The molecule has 1 N–H and O–H groups in total. The smallest absolute Gasteiger partial charge is 0.150 e. The number of rotatable bonds is 8. The zero-order valence-electron chi connectivity index (χ0n) is 15.1. The van der Waals surface area contributed by atoms with E-state index in [4.69, 9.17) is 4.74 Å². The molecule has 0 amide bonds. The molecule has 2 atom stereocenters. The minimum absolute atomic E-state index is 0.0423. The zero-order valence-corrected chi connectivity index (χ0v) is 15.9. The van der Waals surface area contributed by atoms with Crippen LogP contribution in [-0.4, -0.2) is 38.6 Å². The normalized spacial score (nSPS) is 21.7. The molecule has 2 unspecified atom stereocenters. The maximum absolute atomic E-state index is 11.8. The predicted octanol–water partition coefficient (Wildman–Crippen LogP) is 3.03. The quantitative estimate of drug-likeness (QED) is 0.730. The van der Waals surface area contributed by atoms with Gasteiger partial charge >= 0.3 is 0 Å². The lowest BCUT2D eigenvalue weighted by molar-refractivity contribution is 0.0981. The molecule has 4 nitrogen and oxygen atoms in total. The molecule has 136 valence electrons. The van der Waals surface area contributed by atoms with Crippen LogP contribution in [0.2, 0.25) is 0 Å². The molecular weight excluding hydrogens is 322 g/mol. The molecule has 1 heterocycles. The summed E-state index contributed by atoms with van der Waals surface area (Å²) in [5.74, 6) is 1.28. The number of benzene rings is 1. The molecule has 0 aromatic heterocycles. The van der Waals surface area contributed by atoms with Gasteiger partial charge in [0.25, 0.3) is 0 Å². The maximum atomic E-state index is 11.8. The molecule has 1 aromatic rings. The summed E-state index contributed by atoms with van der Waals surface area (Å²) in [6.07, 6.45) is 1.69. The summed E-state index contributed by atoms with van der Waals surface area (Å²) in [6.45, 7) is 8.55. The molecule has 0 bridgehead atoms. The highest BCUT2D eigenvalue weighted by atomic mass is 32.2. The van der Waals surface area contributed by atoms with Crippen molar-refractivity contribution in [3.8, 4) is 0 Å². The van der Waals surface area contributed by atoms with E-state index in [2.05, 4.69) is 38.2 Å². The van der Waals surface area contributed by atoms with Crippen molar-refractivity contribution in [2.75, 3.05) is 24.7 Å². The van der Waals surface area contributed by atoms with Crippen LogP contribution in [0.1, 0.15) is 39.2 Å². The summed E-state index contributed by atoms with van der Waals surface area (Å²) in [7, 11) is -2.84. The number of hydrogen-bond donors (Lipinski definition) is 1. The van der Waals surface area contributed by atoms with Crippen LogP contribution in [-0.2, 0) is 21.2 Å². The molecule has 24 heavy (non-hydrogen) atoms. The van der Waals surface area contributed by atoms with E-state index in [9.17, 15) is 8.42 Å². The molecule has 5 heteroatoms. The summed E-state index contributed by atoms with van der Waals surface area (Å²) >= 11 is 0. The first kappa shape index (κ1) is 19.4. The fourth-order valence-electron chi connectivity index (χ4n) is 3.14. The molecule has 0 saturated carbocycles. The number of ether oxygens (including phenoxy) is 1. The first-order chi connectivity index (χ1) is 11.3. The van der Waals surface area contributed by atoms with Gasteiger partial charge in [0.1, 0.15) is 0 Å². The topological polar surface area (TPSA) is 55.4 Å². The van der Waals surface area contributed by atoms with Crippen molar-refractivity contribution < 1.29 is 13.2 Å². The molecule has 0 spiro atoms. The molecular formula is C19H31NO3S. The number of sulfone groups is 1. The minimum atomic E-state index is -2.84. The van der Waals surface area contributed by atoms with Gasteiger partial charge in [-0.15, -0.1) is 0 Å². The minimum Gasteiger partial charge on any atom is -0.377 e. The molecule has 1 aliphatic rings. The van der Waals surface area contributed by atoms with Gasteiger partial charge in [0, 0.05) is 12.1 Å². The van der Waals surface area contributed by atoms with Crippen LogP contribution >= 0.6 is 0 Å². The Morgan fingerprint density at radius 1 is 1.25 bits per heavy atom. The van der Waals surface area contributed by atoms with E-state index in [1.54, 1.807) is 0 Å². The summed E-state index contributed by atoms with van der Waals surface area (Å²) in [6, 6.07) is 10.1. The van der Waals surface area contributed by atoms with Gasteiger partial charge in [-0.05, 0) is 57.6 Å². The van der Waals surface area contributed by atoms with Gasteiger partial charge < -0.3 is 10.1 Å². The second-order valence-corrected chi connectivity index (χ2v) is 10.1. The van der Waals surface area contributed by atoms with Gasteiger partial charge in [0.2, 0.25) is 0 Å². The SMILES string of the molecule is CC(C)(C)NCC(CCOCc1ccccc1)C1CCS(=O)(=O)C1. The molecule has 1 fully saturated rings. The third-order valence-corrected chi connectivity index (χ3v) is 6.37. The van der Waals surface area contributed by atoms with Crippen molar-refractivity contribution in [3.63, 3.8) is 0 Å². The van der Waals surface area contributed by atoms with Crippen LogP contribution in [0.15, 0.2) is 30.3 Å². The summed E-state index contributed by atoms with van der Waals surface area (Å²) in [4.78, 5) is 0. The fraction of sp³-hybridized carbons (Fsp3) is 0.684. The van der Waals surface area contributed by atoms with Crippen molar-refractivity contribution in [2.45, 2.75) is 45.8 Å². The van der Waals surface area contributed by atoms with Gasteiger partial charge in [0.15, 0.2) is 9.84 Å². The first-order valence-electron chi connectivity index (χ1n) is 8.82. The average Bonchev–Trinajstić information content (AvgIpc) is 2.86. The van der Waals surface area contributed by atoms with E-state index in [1.165, 1.54) is 5.56 Å². The lowest BCUT2D eigenvalue weighted by Gasteiger charge is -2.28. The van der Waals surface area contributed by atoms with Crippen LogP contribution in [0.4, 0.5) is 0 Å². The molecule has 0 radical (unpaired) electrons. The van der Waals surface area contributed by atoms with Crippen LogP contribution in [0.25, 0.3) is 0 Å². The van der Waals surface area contributed by atoms with E-state index < -0.39 is 9.84 Å². The highest BCUT2D eigenvalue weighted by Crippen LogP contribution is 2.28. The van der Waals surface area contributed by atoms with Gasteiger partial charge in [-0.2, -0.15) is 0 Å². The average molecular weight is 354 g/mol. The van der Waals surface area contributed by atoms with Crippen LogP contribution in [0, 0.1) is 11.8 Å². The van der Waals surface area contributed by atoms with E-state index in [-0.39, 0.29) is 11.5 Å². The van der Waals surface area contributed by atoms with Gasteiger partial charge in [-0.3, -0.25) is 0 Å². The van der Waals surface area contributed by atoms with Crippen molar-refractivity contribution in [1.29, 1.82) is 0 Å². The Morgan fingerprint density at radius 2 is 1.96 bits per heavy atom. The van der Waals surface area contributed by atoms with Gasteiger partial charge in [-0.25, -0.2) is 8.42 Å². The highest BCUT2D eigenvalue weighted by molar-refractivity contribution is 7.91. The lowest BCUT2D eigenvalue weighted by atomic mass is 9.88. The van der Waals surface area contributed by atoms with Crippen molar-refractivity contribution in [2.24, 2.45) is 11.8 Å². The van der Waals surface area contributed by atoms with Gasteiger partial charge in [-0.1, -0.05) is 30.3 Å². The van der Waals surface area contributed by atoms with Crippen LogP contribution in [0.5, 0.6) is 0 Å². The number of nitrogens with one attached hydrogen (secondary N) is 1. The Bertz CT molecular complexity index is 593. The fourth-order valence-corrected chi connectivity index (χ4v) is 5.06. The summed E-state index contributed by atoms with van der Waals surface area (Å²) < 4.78 is 29.4. The molecule has 1 aliphatic heterocycles. The third-order valence-electron chi connectivity index (χ3n) is 4.57. The molecule has 1 saturated heterocycles. The lowest BCUT2D eigenvalue weighted by Crippen LogP contribution is -2.41. The van der Waals surface area contributed by atoms with E-state index in [1.807, 2.05) is 18.2 Å². The van der Waals surface area contributed by atoms with Crippen molar-refractivity contribution in [3.05, 3.63) is 35.9 Å². The predicted molar refractivity (Wildman–Crippen MR) is 98.7 cm³/mol. The van der Waals surface area contributed by atoms with Crippen molar-refractivity contribution >= 4 is 9.84 Å². The Labute approximate surface area is 146 Å².